The molecule has 0 radical (unpaired) electrons. The minimum atomic E-state index is -1.44. The van der Waals surface area contributed by atoms with Crippen LogP contribution in [-0.2, 0) is 9.59 Å². The first-order valence-electron chi connectivity index (χ1n) is 10.2. The van der Waals surface area contributed by atoms with E-state index in [0.717, 1.165) is 0 Å². The Kier molecular flexibility index (Phi) is 6.45. The van der Waals surface area contributed by atoms with Crippen LogP contribution in [0.15, 0.2) is 59.8 Å². The average Bonchev–Trinajstić information content (AvgIpc) is 2.72. The number of aliphatic hydroxyl groups is 1. The normalized spacial score (nSPS) is 22.9. The lowest BCUT2D eigenvalue weighted by Crippen LogP contribution is -2.48. The van der Waals surface area contributed by atoms with Gasteiger partial charge in [0.15, 0.2) is 5.78 Å². The van der Waals surface area contributed by atoms with Crippen LogP contribution in [0, 0.1) is 16.0 Å². The number of nitrogens with zero attached hydrogens (tertiary/aromatic N) is 1. The monoisotopic (exact) mass is 438 g/mol. The molecule has 0 saturated carbocycles. The lowest BCUT2D eigenvalue weighted by Gasteiger charge is -2.43. The van der Waals surface area contributed by atoms with Crippen molar-refractivity contribution < 1.29 is 24.4 Å². The summed E-state index contributed by atoms with van der Waals surface area (Å²) in [6, 6.07) is 12.9. The lowest BCUT2D eigenvalue weighted by atomic mass is 9.64. The van der Waals surface area contributed by atoms with E-state index in [0.29, 0.717) is 28.3 Å². The summed E-state index contributed by atoms with van der Waals surface area (Å²) < 4.78 is 5.17. The molecule has 0 bridgehead atoms. The van der Waals surface area contributed by atoms with Crippen LogP contribution in [0.2, 0.25) is 0 Å². The van der Waals surface area contributed by atoms with Crippen molar-refractivity contribution in [3.05, 3.63) is 75.5 Å². The summed E-state index contributed by atoms with van der Waals surface area (Å²) in [6.45, 7) is 4.38. The van der Waals surface area contributed by atoms with Gasteiger partial charge in [-0.1, -0.05) is 12.1 Å². The first-order valence-corrected chi connectivity index (χ1v) is 10.2. The van der Waals surface area contributed by atoms with Gasteiger partial charge in [0.05, 0.1) is 23.6 Å². The molecule has 8 heteroatoms. The van der Waals surface area contributed by atoms with E-state index in [-0.39, 0.29) is 23.7 Å². The number of carbonyl (C=O) groups excluding carboxylic acids is 2. The first-order chi connectivity index (χ1) is 15.0. The Bertz CT molecular complexity index is 1070. The van der Waals surface area contributed by atoms with Crippen molar-refractivity contribution in [1.29, 1.82) is 0 Å². The van der Waals surface area contributed by atoms with Gasteiger partial charge in [-0.05, 0) is 50.6 Å². The highest BCUT2D eigenvalue weighted by atomic mass is 16.6. The number of carbonyl (C=O) groups is 2. The van der Waals surface area contributed by atoms with Gasteiger partial charge in [-0.2, -0.15) is 0 Å². The van der Waals surface area contributed by atoms with Gasteiger partial charge in [0.2, 0.25) is 0 Å². The van der Waals surface area contributed by atoms with E-state index in [2.05, 4.69) is 5.32 Å². The van der Waals surface area contributed by atoms with E-state index in [1.54, 1.807) is 38.3 Å². The number of hydrogen-bond donors (Lipinski definition) is 2. The SMILES string of the molecule is COc1ccc(NC2=C(C(C)=O)[C@H](c3ccc([N+](=O)[O-])cc3)[C@H](C(C)=O)[C@](C)(O)C2)cc1. The lowest BCUT2D eigenvalue weighted by molar-refractivity contribution is -0.384. The molecule has 2 N–H and O–H groups in total. The maximum Gasteiger partial charge on any atom is 0.269 e. The number of anilines is 1. The summed E-state index contributed by atoms with van der Waals surface area (Å²) in [6.07, 6.45) is 0.0711. The average molecular weight is 438 g/mol. The Morgan fingerprint density at radius 3 is 2.19 bits per heavy atom. The van der Waals surface area contributed by atoms with Crippen LogP contribution in [0.1, 0.15) is 38.7 Å². The van der Waals surface area contributed by atoms with Gasteiger partial charge in [0, 0.05) is 41.4 Å². The van der Waals surface area contributed by atoms with Crippen molar-refractivity contribution in [3.63, 3.8) is 0 Å². The highest BCUT2D eigenvalue weighted by Gasteiger charge is 2.49. The van der Waals surface area contributed by atoms with Crippen molar-refractivity contribution in [2.75, 3.05) is 12.4 Å². The highest BCUT2D eigenvalue weighted by Crippen LogP contribution is 2.48. The topological polar surface area (TPSA) is 119 Å². The fraction of sp³-hybridized carbons (Fsp3) is 0.333. The third-order valence-electron chi connectivity index (χ3n) is 5.84. The number of hydrogen-bond acceptors (Lipinski definition) is 7. The van der Waals surface area contributed by atoms with Gasteiger partial charge in [-0.25, -0.2) is 0 Å². The summed E-state index contributed by atoms with van der Waals surface area (Å²) in [5, 5.41) is 25.6. The zero-order chi connectivity index (χ0) is 23.6. The van der Waals surface area contributed by atoms with Gasteiger partial charge in [0.25, 0.3) is 5.69 Å². The molecule has 3 rings (SSSR count). The molecule has 1 aliphatic carbocycles. The molecule has 0 saturated heterocycles. The summed E-state index contributed by atoms with van der Waals surface area (Å²) in [5.41, 5.74) is 0.594. The predicted molar refractivity (Wildman–Crippen MR) is 120 cm³/mol. The van der Waals surface area contributed by atoms with E-state index in [1.807, 2.05) is 0 Å². The Morgan fingerprint density at radius 2 is 1.72 bits per heavy atom. The molecule has 0 amide bonds. The molecule has 0 aliphatic heterocycles. The number of rotatable bonds is 7. The molecule has 8 nitrogen and oxygen atoms in total. The fourth-order valence-electron chi connectivity index (χ4n) is 4.50. The number of nitro benzene ring substituents is 1. The van der Waals surface area contributed by atoms with Crippen LogP contribution in [0.4, 0.5) is 11.4 Å². The zero-order valence-corrected chi connectivity index (χ0v) is 18.4. The second-order valence-corrected chi connectivity index (χ2v) is 8.25. The van der Waals surface area contributed by atoms with E-state index in [9.17, 15) is 24.8 Å². The zero-order valence-electron chi connectivity index (χ0n) is 18.4. The standard InChI is InChI=1S/C24H26N2O6/c1-14(27)21-20(25-17-7-11-19(32-4)12-8-17)13-24(3,29)23(15(2)28)22(21)16-5-9-18(10-6-16)26(30)31/h5-12,22-23,25,29H,13H2,1-4H3/t22-,23-,24+/m0/s1. The number of ketones is 2. The van der Waals surface area contributed by atoms with Crippen molar-refractivity contribution in [1.82, 2.24) is 0 Å². The smallest absolute Gasteiger partial charge is 0.269 e. The third-order valence-corrected chi connectivity index (χ3v) is 5.84. The Hall–Kier alpha value is -3.52. The molecular formula is C24H26N2O6. The van der Waals surface area contributed by atoms with Crippen LogP contribution in [0.25, 0.3) is 0 Å². The molecule has 0 aromatic heterocycles. The highest BCUT2D eigenvalue weighted by molar-refractivity contribution is 5.98. The summed E-state index contributed by atoms with van der Waals surface area (Å²) >= 11 is 0. The molecule has 0 unspecified atom stereocenters. The molecule has 0 heterocycles. The van der Waals surface area contributed by atoms with E-state index in [4.69, 9.17) is 4.74 Å². The van der Waals surface area contributed by atoms with Crippen molar-refractivity contribution in [3.8, 4) is 5.75 Å². The Labute approximate surface area is 186 Å². The quantitative estimate of drug-likeness (QED) is 0.495. The van der Waals surface area contributed by atoms with E-state index in [1.165, 1.54) is 38.1 Å². The number of nitro groups is 1. The molecule has 0 fully saturated rings. The molecule has 32 heavy (non-hydrogen) atoms. The second kappa shape index (κ2) is 8.92. The summed E-state index contributed by atoms with van der Waals surface area (Å²) in [7, 11) is 1.56. The van der Waals surface area contributed by atoms with Crippen molar-refractivity contribution in [2.24, 2.45) is 5.92 Å². The minimum absolute atomic E-state index is 0.0711. The number of nitrogens with one attached hydrogen (secondary N) is 1. The predicted octanol–water partition coefficient (Wildman–Crippen LogP) is 4.00. The number of benzene rings is 2. The molecule has 1 aliphatic rings. The van der Waals surface area contributed by atoms with Crippen LogP contribution in [0.5, 0.6) is 5.75 Å². The second-order valence-electron chi connectivity index (χ2n) is 8.25. The molecule has 3 atom stereocenters. The van der Waals surface area contributed by atoms with Gasteiger partial charge in [-0.3, -0.25) is 19.7 Å². The summed E-state index contributed by atoms with van der Waals surface area (Å²) in [5.74, 6) is -1.47. The number of ether oxygens (including phenoxy) is 1. The number of methoxy groups -OCH3 is 1. The fourth-order valence-corrected chi connectivity index (χ4v) is 4.50. The molecule has 2 aromatic carbocycles. The molecule has 168 valence electrons. The van der Waals surface area contributed by atoms with Crippen LogP contribution >= 0.6 is 0 Å². The van der Waals surface area contributed by atoms with Gasteiger partial charge in [0.1, 0.15) is 11.5 Å². The number of allylic oxidation sites excluding steroid dienone is 1. The third kappa shape index (κ3) is 4.55. The summed E-state index contributed by atoms with van der Waals surface area (Å²) in [4.78, 5) is 36.0. The molecule has 2 aromatic rings. The maximum absolute atomic E-state index is 12.8. The van der Waals surface area contributed by atoms with E-state index < -0.39 is 22.4 Å². The van der Waals surface area contributed by atoms with Crippen LogP contribution in [0.3, 0.4) is 0 Å². The van der Waals surface area contributed by atoms with Crippen molar-refractivity contribution >= 4 is 22.9 Å². The minimum Gasteiger partial charge on any atom is -0.497 e. The van der Waals surface area contributed by atoms with E-state index >= 15 is 0 Å². The van der Waals surface area contributed by atoms with Crippen LogP contribution < -0.4 is 10.1 Å². The number of Topliss-reactive ketones (excluding diaryl/α,β-unsaturated/α-hetero) is 2. The van der Waals surface area contributed by atoms with Crippen molar-refractivity contribution in [2.45, 2.75) is 38.7 Å². The Balaban J connectivity index is 2.16. The van der Waals surface area contributed by atoms with Crippen LogP contribution in [-0.4, -0.2) is 34.3 Å². The van der Waals surface area contributed by atoms with Gasteiger partial charge in [-0.15, -0.1) is 0 Å². The molecular weight excluding hydrogens is 412 g/mol. The largest absolute Gasteiger partial charge is 0.497 e. The van der Waals surface area contributed by atoms with Gasteiger partial charge >= 0.3 is 0 Å². The number of non-ortho nitro benzene ring substituents is 1. The molecule has 0 spiro atoms. The Morgan fingerprint density at radius 1 is 1.12 bits per heavy atom. The van der Waals surface area contributed by atoms with Gasteiger partial charge < -0.3 is 15.2 Å². The first kappa shape index (κ1) is 23.1. The maximum atomic E-state index is 12.8.